The number of hydrogen-bond donors (Lipinski definition) is 1. The molecule has 0 saturated carbocycles. The molecule has 146 valence electrons. The largest absolute Gasteiger partial charge is 0.339 e. The number of H-pyrrole nitrogens is 1. The Labute approximate surface area is 164 Å². The Morgan fingerprint density at radius 1 is 1.21 bits per heavy atom. The average Bonchev–Trinajstić information content (AvgIpc) is 3.35. The number of carbonyl (C=O) groups is 1. The fourth-order valence-electron chi connectivity index (χ4n) is 3.63. The lowest BCUT2D eigenvalue weighted by atomic mass is 9.95. The van der Waals surface area contributed by atoms with Crippen LogP contribution in [0.4, 0.5) is 0 Å². The first kappa shape index (κ1) is 18.4. The van der Waals surface area contributed by atoms with Crippen molar-refractivity contribution in [2.75, 3.05) is 13.1 Å². The van der Waals surface area contributed by atoms with Gasteiger partial charge in [0.2, 0.25) is 5.89 Å². The molecule has 7 heteroatoms. The summed E-state index contributed by atoms with van der Waals surface area (Å²) in [7, 11) is 0. The van der Waals surface area contributed by atoms with Crippen LogP contribution in [0.2, 0.25) is 0 Å². The maximum atomic E-state index is 13.2. The van der Waals surface area contributed by atoms with E-state index in [1.54, 1.807) is 0 Å². The summed E-state index contributed by atoms with van der Waals surface area (Å²) in [5, 5.41) is 11.4. The number of rotatable bonds is 4. The predicted molar refractivity (Wildman–Crippen MR) is 105 cm³/mol. The number of aryl methyl sites for hydroxylation is 1. The van der Waals surface area contributed by atoms with Gasteiger partial charge in [-0.15, -0.1) is 0 Å². The lowest BCUT2D eigenvalue weighted by molar-refractivity contribution is 0.0704. The quantitative estimate of drug-likeness (QED) is 0.742. The summed E-state index contributed by atoms with van der Waals surface area (Å²) in [6.07, 6.45) is 1.64. The standard InChI is InChI=1S/C21H25N5O2/c1-13(2)19-22-20(28-25-19)16-9-11-26(12-10-16)21(27)17-14(3)23-24-18(17)15-7-5-4-6-8-15/h4-8,13,16H,9-12H2,1-3H3,(H,23,24). The molecule has 1 amide bonds. The second-order valence-electron chi connectivity index (χ2n) is 7.65. The summed E-state index contributed by atoms with van der Waals surface area (Å²) < 4.78 is 5.45. The van der Waals surface area contributed by atoms with Gasteiger partial charge in [0, 0.05) is 36.2 Å². The third-order valence-corrected chi connectivity index (χ3v) is 5.31. The normalized spacial score (nSPS) is 15.4. The van der Waals surface area contributed by atoms with Crippen molar-refractivity contribution >= 4 is 5.91 Å². The van der Waals surface area contributed by atoms with Crippen LogP contribution in [0.3, 0.4) is 0 Å². The first-order chi connectivity index (χ1) is 13.5. The van der Waals surface area contributed by atoms with Gasteiger partial charge in [0.05, 0.1) is 5.56 Å². The molecule has 28 heavy (non-hydrogen) atoms. The van der Waals surface area contributed by atoms with Crippen molar-refractivity contribution in [1.29, 1.82) is 0 Å². The molecule has 3 heterocycles. The Morgan fingerprint density at radius 2 is 1.93 bits per heavy atom. The van der Waals surface area contributed by atoms with Crippen LogP contribution in [0.25, 0.3) is 11.3 Å². The summed E-state index contributed by atoms with van der Waals surface area (Å²) in [6.45, 7) is 7.33. The third kappa shape index (κ3) is 3.44. The number of aromatic amines is 1. The number of aromatic nitrogens is 4. The average molecular weight is 379 g/mol. The van der Waals surface area contributed by atoms with E-state index >= 15 is 0 Å². The second kappa shape index (κ2) is 7.58. The molecule has 1 N–H and O–H groups in total. The van der Waals surface area contributed by atoms with Gasteiger partial charge in [-0.2, -0.15) is 10.1 Å². The van der Waals surface area contributed by atoms with Gasteiger partial charge in [-0.3, -0.25) is 9.89 Å². The second-order valence-corrected chi connectivity index (χ2v) is 7.65. The van der Waals surface area contributed by atoms with Crippen molar-refractivity contribution in [3.8, 4) is 11.3 Å². The highest BCUT2D eigenvalue weighted by Crippen LogP contribution is 2.30. The maximum Gasteiger partial charge on any atom is 0.257 e. The van der Waals surface area contributed by atoms with Gasteiger partial charge < -0.3 is 9.42 Å². The number of piperidine rings is 1. The van der Waals surface area contributed by atoms with Crippen molar-refractivity contribution < 1.29 is 9.32 Å². The van der Waals surface area contributed by atoms with Crippen molar-refractivity contribution in [3.05, 3.63) is 53.3 Å². The molecule has 0 radical (unpaired) electrons. The number of benzene rings is 1. The molecular weight excluding hydrogens is 354 g/mol. The third-order valence-electron chi connectivity index (χ3n) is 5.31. The fraction of sp³-hybridized carbons (Fsp3) is 0.429. The molecule has 0 spiro atoms. The van der Waals surface area contributed by atoms with E-state index in [-0.39, 0.29) is 17.7 Å². The summed E-state index contributed by atoms with van der Waals surface area (Å²) in [5.41, 5.74) is 3.11. The number of nitrogens with zero attached hydrogens (tertiary/aromatic N) is 4. The maximum absolute atomic E-state index is 13.2. The molecule has 7 nitrogen and oxygen atoms in total. The molecule has 0 bridgehead atoms. The zero-order valence-electron chi connectivity index (χ0n) is 16.5. The van der Waals surface area contributed by atoms with E-state index in [0.29, 0.717) is 30.2 Å². The smallest absolute Gasteiger partial charge is 0.257 e. The van der Waals surface area contributed by atoms with E-state index in [4.69, 9.17) is 4.52 Å². The van der Waals surface area contributed by atoms with Gasteiger partial charge in [0.25, 0.3) is 5.91 Å². The van der Waals surface area contributed by atoms with Gasteiger partial charge in [-0.1, -0.05) is 49.3 Å². The first-order valence-electron chi connectivity index (χ1n) is 9.77. The minimum atomic E-state index is 0.0250. The highest BCUT2D eigenvalue weighted by Gasteiger charge is 2.30. The minimum Gasteiger partial charge on any atom is -0.339 e. The Balaban J connectivity index is 1.48. The predicted octanol–water partition coefficient (Wildman–Crippen LogP) is 3.91. The van der Waals surface area contributed by atoms with Crippen molar-refractivity contribution in [3.63, 3.8) is 0 Å². The molecule has 1 aromatic carbocycles. The molecular formula is C21H25N5O2. The van der Waals surface area contributed by atoms with Crippen molar-refractivity contribution in [2.24, 2.45) is 0 Å². The van der Waals surface area contributed by atoms with Crippen LogP contribution in [-0.4, -0.2) is 44.2 Å². The number of nitrogens with one attached hydrogen (secondary N) is 1. The van der Waals surface area contributed by atoms with Gasteiger partial charge in [-0.05, 0) is 19.8 Å². The highest BCUT2D eigenvalue weighted by atomic mass is 16.5. The van der Waals surface area contributed by atoms with E-state index in [2.05, 4.69) is 20.3 Å². The topological polar surface area (TPSA) is 87.9 Å². The van der Waals surface area contributed by atoms with Crippen LogP contribution in [-0.2, 0) is 0 Å². The van der Waals surface area contributed by atoms with E-state index < -0.39 is 0 Å². The summed E-state index contributed by atoms with van der Waals surface area (Å²) in [5.74, 6) is 1.93. The van der Waals surface area contributed by atoms with Crippen molar-refractivity contribution in [1.82, 2.24) is 25.2 Å². The van der Waals surface area contributed by atoms with Gasteiger partial charge in [0.1, 0.15) is 5.69 Å². The zero-order chi connectivity index (χ0) is 19.7. The van der Waals surface area contributed by atoms with Crippen LogP contribution in [0, 0.1) is 6.92 Å². The minimum absolute atomic E-state index is 0.0250. The molecule has 0 atom stereocenters. The number of likely N-dealkylation sites (tertiary alicyclic amines) is 1. The monoisotopic (exact) mass is 379 g/mol. The lowest BCUT2D eigenvalue weighted by Gasteiger charge is -2.30. The SMILES string of the molecule is Cc1[nH]nc(-c2ccccc2)c1C(=O)N1CCC(c2nc(C(C)C)no2)CC1. The molecule has 3 aromatic rings. The van der Waals surface area contributed by atoms with Crippen LogP contribution in [0.15, 0.2) is 34.9 Å². The molecule has 0 aliphatic carbocycles. The molecule has 0 unspecified atom stereocenters. The Morgan fingerprint density at radius 3 is 2.57 bits per heavy atom. The Kier molecular flexibility index (Phi) is 4.98. The number of amides is 1. The molecule has 1 fully saturated rings. The van der Waals surface area contributed by atoms with Crippen LogP contribution < -0.4 is 0 Å². The molecule has 1 saturated heterocycles. The number of carbonyl (C=O) groups excluding carboxylic acids is 1. The lowest BCUT2D eigenvalue weighted by Crippen LogP contribution is -2.38. The van der Waals surface area contributed by atoms with E-state index in [1.807, 2.05) is 56.0 Å². The molecule has 1 aliphatic rings. The molecule has 1 aliphatic heterocycles. The van der Waals surface area contributed by atoms with Gasteiger partial charge in [-0.25, -0.2) is 0 Å². The Hall–Kier alpha value is -2.96. The first-order valence-corrected chi connectivity index (χ1v) is 9.77. The van der Waals surface area contributed by atoms with E-state index in [9.17, 15) is 4.79 Å². The Bertz CT molecular complexity index is 952. The summed E-state index contributed by atoms with van der Waals surface area (Å²) in [4.78, 5) is 19.7. The van der Waals surface area contributed by atoms with Gasteiger partial charge in [0.15, 0.2) is 5.82 Å². The highest BCUT2D eigenvalue weighted by molar-refractivity contribution is 6.01. The summed E-state index contributed by atoms with van der Waals surface area (Å²) in [6, 6.07) is 9.81. The fourth-order valence-corrected chi connectivity index (χ4v) is 3.63. The molecule has 2 aromatic heterocycles. The van der Waals surface area contributed by atoms with E-state index in [1.165, 1.54) is 0 Å². The van der Waals surface area contributed by atoms with Crippen LogP contribution in [0.5, 0.6) is 0 Å². The van der Waals surface area contributed by atoms with E-state index in [0.717, 1.165) is 29.9 Å². The number of hydrogen-bond acceptors (Lipinski definition) is 5. The molecule has 4 rings (SSSR count). The van der Waals surface area contributed by atoms with Crippen LogP contribution >= 0.6 is 0 Å². The van der Waals surface area contributed by atoms with Crippen molar-refractivity contribution in [2.45, 2.75) is 45.4 Å². The summed E-state index contributed by atoms with van der Waals surface area (Å²) >= 11 is 0. The van der Waals surface area contributed by atoms with Gasteiger partial charge >= 0.3 is 0 Å². The zero-order valence-corrected chi connectivity index (χ0v) is 16.5. The van der Waals surface area contributed by atoms with Crippen LogP contribution in [0.1, 0.15) is 66.3 Å².